The number of halogens is 1. The highest BCUT2D eigenvalue weighted by Gasteiger charge is 2.05. The van der Waals surface area contributed by atoms with Crippen LogP contribution in [0, 0.1) is 6.92 Å². The predicted molar refractivity (Wildman–Crippen MR) is 90.5 cm³/mol. The third kappa shape index (κ3) is 4.68. The third-order valence-corrected chi connectivity index (χ3v) is 3.28. The van der Waals surface area contributed by atoms with Gasteiger partial charge in [0.25, 0.3) is 5.91 Å². The van der Waals surface area contributed by atoms with Crippen LogP contribution in [0.1, 0.15) is 21.5 Å². The molecule has 0 saturated carbocycles. The van der Waals surface area contributed by atoms with E-state index in [9.17, 15) is 4.79 Å². The van der Waals surface area contributed by atoms with E-state index in [0.717, 1.165) is 15.6 Å². The number of carbonyl (C=O) groups is 1. The van der Waals surface area contributed by atoms with Gasteiger partial charge in [0.15, 0.2) is 0 Å². The lowest BCUT2D eigenvalue weighted by atomic mass is 10.1. The zero-order chi connectivity index (χ0) is 15.1. The number of allylic oxidation sites excluding steroid dienone is 1. The third-order valence-electron chi connectivity index (χ3n) is 2.85. The van der Waals surface area contributed by atoms with Crippen molar-refractivity contribution in [2.45, 2.75) is 6.92 Å². The molecule has 0 aliphatic carbocycles. The summed E-state index contributed by atoms with van der Waals surface area (Å²) in [5.41, 5.74) is 5.12. The molecule has 1 N–H and O–H groups in total. The van der Waals surface area contributed by atoms with Crippen molar-refractivity contribution in [2.24, 2.45) is 5.10 Å². The molecule has 106 valence electrons. The second-order valence-electron chi connectivity index (χ2n) is 4.45. The van der Waals surface area contributed by atoms with Crippen molar-refractivity contribution in [1.82, 2.24) is 5.43 Å². The summed E-state index contributed by atoms with van der Waals surface area (Å²) in [7, 11) is 0. The van der Waals surface area contributed by atoms with Gasteiger partial charge in [-0.05, 0) is 46.1 Å². The van der Waals surface area contributed by atoms with E-state index in [-0.39, 0.29) is 5.91 Å². The Labute approximate surface area is 132 Å². The molecule has 0 spiro atoms. The first-order chi connectivity index (χ1) is 10.2. The summed E-state index contributed by atoms with van der Waals surface area (Å²) in [6.07, 6.45) is 3.48. The van der Waals surface area contributed by atoms with Crippen LogP contribution in [0.3, 0.4) is 0 Å². The van der Waals surface area contributed by atoms with Crippen LogP contribution in [0.5, 0.6) is 0 Å². The van der Waals surface area contributed by atoms with Crippen LogP contribution in [-0.4, -0.2) is 12.1 Å². The van der Waals surface area contributed by atoms with E-state index >= 15 is 0 Å². The van der Waals surface area contributed by atoms with E-state index in [0.29, 0.717) is 5.56 Å². The van der Waals surface area contributed by atoms with Crippen LogP contribution in [0.4, 0.5) is 0 Å². The molecule has 2 rings (SSSR count). The Morgan fingerprint density at radius 3 is 2.48 bits per heavy atom. The van der Waals surface area contributed by atoms with Gasteiger partial charge < -0.3 is 0 Å². The first kappa shape index (κ1) is 15.2. The van der Waals surface area contributed by atoms with Crippen molar-refractivity contribution in [3.05, 3.63) is 75.8 Å². The van der Waals surface area contributed by atoms with E-state index in [1.807, 2.05) is 61.5 Å². The van der Waals surface area contributed by atoms with Crippen molar-refractivity contribution in [3.63, 3.8) is 0 Å². The lowest BCUT2D eigenvalue weighted by molar-refractivity contribution is 0.0954. The highest BCUT2D eigenvalue weighted by atomic mass is 79.9. The molecule has 0 fully saturated rings. The fraction of sp³-hybridized carbons (Fsp3) is 0.0588. The smallest absolute Gasteiger partial charge is 0.267 e. The molecular weight excluding hydrogens is 328 g/mol. The van der Waals surface area contributed by atoms with Crippen LogP contribution in [0.2, 0.25) is 0 Å². The zero-order valence-electron chi connectivity index (χ0n) is 11.6. The molecule has 0 radical (unpaired) electrons. The number of hydrogen-bond acceptors (Lipinski definition) is 2. The highest BCUT2D eigenvalue weighted by molar-refractivity contribution is 9.12. The number of benzene rings is 2. The maximum Gasteiger partial charge on any atom is 0.271 e. The Bertz CT molecular complexity index is 678. The normalized spacial score (nSPS) is 11.6. The number of hydrogen-bond donors (Lipinski definition) is 1. The lowest BCUT2D eigenvalue weighted by Crippen LogP contribution is -2.18. The van der Waals surface area contributed by atoms with Gasteiger partial charge in [-0.25, -0.2) is 5.43 Å². The second-order valence-corrected chi connectivity index (χ2v) is 5.37. The molecule has 0 atom stereocenters. The Kier molecular flexibility index (Phi) is 5.46. The average Bonchev–Trinajstić information content (AvgIpc) is 2.48. The van der Waals surface area contributed by atoms with Crippen LogP contribution in [0.25, 0.3) is 6.08 Å². The quantitative estimate of drug-likeness (QED) is 0.658. The molecule has 2 aromatic rings. The number of rotatable bonds is 4. The Hall–Kier alpha value is -2.20. The number of hydrazone groups is 1. The van der Waals surface area contributed by atoms with Gasteiger partial charge in [0.1, 0.15) is 0 Å². The summed E-state index contributed by atoms with van der Waals surface area (Å²) in [5.74, 6) is -0.218. The van der Waals surface area contributed by atoms with Gasteiger partial charge in [-0.3, -0.25) is 4.79 Å². The molecule has 0 bridgehead atoms. The Balaban J connectivity index is 1.98. The number of nitrogens with one attached hydrogen (secondary N) is 1. The molecule has 0 saturated heterocycles. The fourth-order valence-electron chi connectivity index (χ4n) is 1.79. The van der Waals surface area contributed by atoms with Gasteiger partial charge in [-0.2, -0.15) is 5.10 Å². The van der Waals surface area contributed by atoms with Crippen molar-refractivity contribution >= 4 is 34.1 Å². The summed E-state index contributed by atoms with van der Waals surface area (Å²) >= 11 is 3.40. The average molecular weight is 343 g/mol. The van der Waals surface area contributed by atoms with E-state index in [1.165, 1.54) is 0 Å². The van der Waals surface area contributed by atoms with Crippen molar-refractivity contribution in [3.8, 4) is 0 Å². The van der Waals surface area contributed by atoms with E-state index in [4.69, 9.17) is 0 Å². The lowest BCUT2D eigenvalue weighted by Gasteiger charge is -2.02. The van der Waals surface area contributed by atoms with E-state index in [2.05, 4.69) is 26.5 Å². The van der Waals surface area contributed by atoms with Crippen LogP contribution >= 0.6 is 15.9 Å². The summed E-state index contributed by atoms with van der Waals surface area (Å²) in [6.45, 7) is 1.89. The predicted octanol–water partition coefficient (Wildman–Crippen LogP) is 4.15. The maximum atomic E-state index is 11.9. The number of amides is 1. The molecule has 1 amide bonds. The van der Waals surface area contributed by atoms with Gasteiger partial charge in [-0.1, -0.05) is 48.5 Å². The Morgan fingerprint density at radius 2 is 1.76 bits per heavy atom. The van der Waals surface area contributed by atoms with Crippen LogP contribution in [0.15, 0.2) is 64.2 Å². The van der Waals surface area contributed by atoms with Crippen LogP contribution < -0.4 is 5.43 Å². The van der Waals surface area contributed by atoms with Gasteiger partial charge in [0.05, 0.1) is 6.21 Å². The molecular formula is C17H15BrN2O. The van der Waals surface area contributed by atoms with Gasteiger partial charge >= 0.3 is 0 Å². The van der Waals surface area contributed by atoms with Crippen molar-refractivity contribution < 1.29 is 4.79 Å². The Morgan fingerprint density at radius 1 is 1.10 bits per heavy atom. The standard InChI is InChI=1S/C17H15BrN2O/c1-13-7-5-6-10-16(13)17(21)20-19-12-15(18)11-14-8-3-2-4-9-14/h2-12H,1H3,(H,20,21)/b15-11-,19-12-. The molecule has 0 aliphatic rings. The SMILES string of the molecule is Cc1ccccc1C(=O)N/N=C\C(Br)=C\c1ccccc1. The fourth-order valence-corrected chi connectivity index (χ4v) is 2.15. The minimum absolute atomic E-state index is 0.218. The molecule has 0 aromatic heterocycles. The van der Waals surface area contributed by atoms with Gasteiger partial charge in [0.2, 0.25) is 0 Å². The van der Waals surface area contributed by atoms with Crippen molar-refractivity contribution in [2.75, 3.05) is 0 Å². The van der Waals surface area contributed by atoms with Crippen LogP contribution in [-0.2, 0) is 0 Å². The van der Waals surface area contributed by atoms with Gasteiger partial charge in [0, 0.05) is 10.0 Å². The molecule has 0 unspecified atom stereocenters. The van der Waals surface area contributed by atoms with E-state index < -0.39 is 0 Å². The highest BCUT2D eigenvalue weighted by Crippen LogP contribution is 2.10. The first-order valence-electron chi connectivity index (χ1n) is 6.48. The topological polar surface area (TPSA) is 41.5 Å². The molecule has 4 heteroatoms. The number of carbonyl (C=O) groups excluding carboxylic acids is 1. The zero-order valence-corrected chi connectivity index (χ0v) is 13.2. The molecule has 2 aromatic carbocycles. The molecule has 0 aliphatic heterocycles. The molecule has 3 nitrogen and oxygen atoms in total. The minimum Gasteiger partial charge on any atom is -0.267 e. The maximum absolute atomic E-state index is 11.9. The van der Waals surface area contributed by atoms with Gasteiger partial charge in [-0.15, -0.1) is 0 Å². The summed E-state index contributed by atoms with van der Waals surface area (Å²) in [6, 6.07) is 17.3. The summed E-state index contributed by atoms with van der Waals surface area (Å²) in [4.78, 5) is 11.9. The minimum atomic E-state index is -0.218. The summed E-state index contributed by atoms with van der Waals surface area (Å²) in [5, 5.41) is 3.95. The van der Waals surface area contributed by atoms with Crippen molar-refractivity contribution in [1.29, 1.82) is 0 Å². The molecule has 0 heterocycles. The van der Waals surface area contributed by atoms with E-state index in [1.54, 1.807) is 12.3 Å². The number of aryl methyl sites for hydroxylation is 1. The summed E-state index contributed by atoms with van der Waals surface area (Å²) < 4.78 is 0.777. The largest absolute Gasteiger partial charge is 0.271 e. The second kappa shape index (κ2) is 7.55. The monoisotopic (exact) mass is 342 g/mol. The molecule has 21 heavy (non-hydrogen) atoms. The number of nitrogens with zero attached hydrogens (tertiary/aromatic N) is 1. The first-order valence-corrected chi connectivity index (χ1v) is 7.27.